The highest BCUT2D eigenvalue weighted by atomic mass is 16.1. The van der Waals surface area contributed by atoms with E-state index in [2.05, 4.69) is 68.2 Å². The van der Waals surface area contributed by atoms with Crippen molar-refractivity contribution in [2.75, 3.05) is 0 Å². The van der Waals surface area contributed by atoms with Crippen molar-refractivity contribution >= 4 is 38.4 Å². The molecule has 0 amide bonds. The molecule has 29 heavy (non-hydrogen) atoms. The maximum atomic E-state index is 13.1. The van der Waals surface area contributed by atoms with Gasteiger partial charge in [-0.25, -0.2) is 0 Å². The van der Waals surface area contributed by atoms with Crippen molar-refractivity contribution in [2.24, 2.45) is 5.92 Å². The number of H-pyrrole nitrogens is 1. The van der Waals surface area contributed by atoms with Gasteiger partial charge in [-0.3, -0.25) is 4.79 Å². The molecule has 2 heteroatoms. The molecule has 0 unspecified atom stereocenters. The van der Waals surface area contributed by atoms with Gasteiger partial charge >= 0.3 is 0 Å². The van der Waals surface area contributed by atoms with Gasteiger partial charge in [-0.2, -0.15) is 0 Å². The zero-order valence-electron chi connectivity index (χ0n) is 17.4. The lowest BCUT2D eigenvalue weighted by molar-refractivity contribution is 0.0898. The van der Waals surface area contributed by atoms with E-state index in [0.717, 1.165) is 42.3 Å². The second-order valence-corrected chi connectivity index (χ2v) is 10.2. The van der Waals surface area contributed by atoms with E-state index in [9.17, 15) is 4.79 Å². The van der Waals surface area contributed by atoms with Gasteiger partial charge < -0.3 is 4.98 Å². The van der Waals surface area contributed by atoms with Crippen LogP contribution in [0.2, 0.25) is 0 Å². The van der Waals surface area contributed by atoms with Gasteiger partial charge in [-0.05, 0) is 77.1 Å². The second-order valence-electron chi connectivity index (χ2n) is 10.2. The fourth-order valence-electron chi connectivity index (χ4n) is 5.70. The zero-order valence-corrected chi connectivity index (χ0v) is 17.4. The minimum Gasteiger partial charge on any atom is -0.354 e. The van der Waals surface area contributed by atoms with E-state index >= 15 is 0 Å². The Hall–Kier alpha value is -2.61. The summed E-state index contributed by atoms with van der Waals surface area (Å²) in [5, 5.41) is 5.15. The fourth-order valence-corrected chi connectivity index (χ4v) is 5.70. The van der Waals surface area contributed by atoms with E-state index in [1.54, 1.807) is 0 Å². The highest BCUT2D eigenvalue weighted by Gasteiger charge is 2.35. The van der Waals surface area contributed by atoms with Gasteiger partial charge in [-0.1, -0.05) is 45.0 Å². The standard InChI is InChI=1S/C27H27NO/c1-27(2,3)18-9-10-19-17(12-18)8-11-23-25(19)22-13-20-15-4-6-16(7-5-15)26(29)21(20)14-24(22)28-23/h8-16,28H,4-7H2,1-3H3. The molecule has 0 saturated heterocycles. The van der Waals surface area contributed by atoms with Crippen LogP contribution in [0.3, 0.4) is 0 Å². The van der Waals surface area contributed by atoms with Crippen LogP contribution in [0.5, 0.6) is 0 Å². The van der Waals surface area contributed by atoms with Crippen LogP contribution in [0.25, 0.3) is 32.6 Å². The molecule has 2 bridgehead atoms. The minimum absolute atomic E-state index is 0.139. The first kappa shape index (κ1) is 17.3. The minimum atomic E-state index is 0.139. The molecule has 1 fully saturated rings. The van der Waals surface area contributed by atoms with Crippen molar-refractivity contribution in [3.8, 4) is 0 Å². The number of benzene rings is 3. The van der Waals surface area contributed by atoms with Gasteiger partial charge in [0.05, 0.1) is 0 Å². The summed E-state index contributed by atoms with van der Waals surface area (Å²) in [4.78, 5) is 16.7. The summed E-state index contributed by atoms with van der Waals surface area (Å²) in [5.74, 6) is 1.16. The van der Waals surface area contributed by atoms with Crippen LogP contribution in [-0.2, 0) is 5.41 Å². The van der Waals surface area contributed by atoms with Crippen LogP contribution < -0.4 is 0 Å². The first-order valence-corrected chi connectivity index (χ1v) is 11.0. The molecule has 0 radical (unpaired) electrons. The van der Waals surface area contributed by atoms with E-state index in [0.29, 0.717) is 11.7 Å². The van der Waals surface area contributed by atoms with Gasteiger partial charge in [0.2, 0.25) is 0 Å². The summed E-state index contributed by atoms with van der Waals surface area (Å²) in [6.45, 7) is 6.79. The maximum absolute atomic E-state index is 13.1. The summed E-state index contributed by atoms with van der Waals surface area (Å²) in [7, 11) is 0. The Balaban J connectivity index is 1.66. The molecule has 7 rings (SSSR count). The van der Waals surface area contributed by atoms with Gasteiger partial charge in [0, 0.05) is 33.3 Å². The van der Waals surface area contributed by atoms with Gasteiger partial charge in [0.15, 0.2) is 5.78 Å². The van der Waals surface area contributed by atoms with Crippen LogP contribution in [0, 0.1) is 5.92 Å². The summed E-state index contributed by atoms with van der Waals surface area (Å²) in [6.07, 6.45) is 4.44. The molecule has 1 heterocycles. The molecule has 1 N–H and O–H groups in total. The lowest BCUT2D eigenvalue weighted by Crippen LogP contribution is -2.15. The number of aromatic amines is 1. The van der Waals surface area contributed by atoms with Gasteiger partial charge in [0.25, 0.3) is 0 Å². The summed E-state index contributed by atoms with van der Waals surface area (Å²) in [6, 6.07) is 15.8. The zero-order chi connectivity index (χ0) is 19.9. The Morgan fingerprint density at radius 1 is 0.828 bits per heavy atom. The number of hydrogen-bond acceptors (Lipinski definition) is 1. The lowest BCUT2D eigenvalue weighted by atomic mass is 9.82. The third-order valence-electron chi connectivity index (χ3n) is 7.42. The third kappa shape index (κ3) is 2.44. The number of ketones is 1. The van der Waals surface area contributed by atoms with Crippen LogP contribution in [0.1, 0.15) is 73.9 Å². The number of carbonyl (C=O) groups is 1. The average Bonchev–Trinajstić information content (AvgIpc) is 2.97. The third-order valence-corrected chi connectivity index (χ3v) is 7.42. The number of carbonyl (C=O) groups excluding carboxylic acids is 1. The molecule has 0 aliphatic heterocycles. The molecule has 3 aromatic carbocycles. The van der Waals surface area contributed by atoms with Crippen LogP contribution >= 0.6 is 0 Å². The molecule has 3 aliphatic carbocycles. The monoisotopic (exact) mass is 381 g/mol. The SMILES string of the molecule is CC(C)(C)c1ccc2c(ccc3[nH]c4cc5c(cc4c32)C2CCC(CC2)C5=O)c1. The van der Waals surface area contributed by atoms with E-state index in [4.69, 9.17) is 0 Å². The van der Waals surface area contributed by atoms with Gasteiger partial charge in [-0.15, -0.1) is 0 Å². The first-order chi connectivity index (χ1) is 13.9. The Kier molecular flexibility index (Phi) is 3.40. The Labute approximate surface area is 171 Å². The number of Topliss-reactive ketones (excluding diaryl/α,β-unsaturated/α-hetero) is 1. The van der Waals surface area contributed by atoms with E-state index in [1.165, 1.54) is 32.7 Å². The summed E-state index contributed by atoms with van der Waals surface area (Å²) < 4.78 is 0. The number of nitrogens with one attached hydrogen (secondary N) is 1. The van der Waals surface area contributed by atoms with E-state index < -0.39 is 0 Å². The van der Waals surface area contributed by atoms with Crippen molar-refractivity contribution in [3.63, 3.8) is 0 Å². The highest BCUT2D eigenvalue weighted by molar-refractivity contribution is 6.21. The molecule has 0 atom stereocenters. The molecule has 146 valence electrons. The Morgan fingerprint density at radius 3 is 2.34 bits per heavy atom. The van der Waals surface area contributed by atoms with Crippen LogP contribution in [0.4, 0.5) is 0 Å². The van der Waals surface area contributed by atoms with Gasteiger partial charge in [0.1, 0.15) is 0 Å². The molecule has 2 nitrogen and oxygen atoms in total. The van der Waals surface area contributed by atoms with Crippen molar-refractivity contribution < 1.29 is 4.79 Å². The predicted molar refractivity (Wildman–Crippen MR) is 121 cm³/mol. The fraction of sp³-hybridized carbons (Fsp3) is 0.370. The maximum Gasteiger partial charge on any atom is 0.166 e. The molecule has 0 spiro atoms. The lowest BCUT2D eigenvalue weighted by Gasteiger charge is -2.22. The number of hydrogen-bond donors (Lipinski definition) is 1. The van der Waals surface area contributed by atoms with E-state index in [1.807, 2.05) is 0 Å². The molecule has 4 aromatic rings. The number of fused-ring (bicyclic) bond motifs is 7. The normalized spacial score (nSPS) is 21.8. The number of aromatic nitrogens is 1. The smallest absolute Gasteiger partial charge is 0.166 e. The average molecular weight is 382 g/mol. The second kappa shape index (κ2) is 5.72. The molecular formula is C27H27NO. The topological polar surface area (TPSA) is 32.9 Å². The molecule has 1 saturated carbocycles. The molecular weight excluding hydrogens is 354 g/mol. The Bertz CT molecular complexity index is 1310. The van der Waals surface area contributed by atoms with Crippen LogP contribution in [-0.4, -0.2) is 10.8 Å². The van der Waals surface area contributed by atoms with E-state index in [-0.39, 0.29) is 11.3 Å². The van der Waals surface area contributed by atoms with Crippen molar-refractivity contribution in [1.82, 2.24) is 4.98 Å². The molecule has 3 aliphatic rings. The van der Waals surface area contributed by atoms with Crippen molar-refractivity contribution in [1.29, 1.82) is 0 Å². The predicted octanol–water partition coefficient (Wildman–Crippen LogP) is 7.24. The number of rotatable bonds is 0. The van der Waals surface area contributed by atoms with Crippen molar-refractivity contribution in [2.45, 2.75) is 57.8 Å². The summed E-state index contributed by atoms with van der Waals surface area (Å²) >= 11 is 0. The van der Waals surface area contributed by atoms with Crippen molar-refractivity contribution in [3.05, 3.63) is 59.2 Å². The van der Waals surface area contributed by atoms with Crippen LogP contribution in [0.15, 0.2) is 42.5 Å². The molecule has 1 aromatic heterocycles. The largest absolute Gasteiger partial charge is 0.354 e. The first-order valence-electron chi connectivity index (χ1n) is 11.0. The Morgan fingerprint density at radius 2 is 1.59 bits per heavy atom. The summed E-state index contributed by atoms with van der Waals surface area (Å²) in [5.41, 5.74) is 6.04. The highest BCUT2D eigenvalue weighted by Crippen LogP contribution is 2.45. The quantitative estimate of drug-likeness (QED) is 0.342.